The van der Waals surface area contributed by atoms with Gasteiger partial charge in [-0.3, -0.25) is 0 Å². The van der Waals surface area contributed by atoms with Crippen molar-refractivity contribution in [3.8, 4) is 0 Å². The van der Waals surface area contributed by atoms with E-state index in [9.17, 15) is 0 Å². The highest BCUT2D eigenvalue weighted by Gasteiger charge is 2.01. The molecule has 0 fully saturated rings. The third-order valence-electron chi connectivity index (χ3n) is 3.02. The maximum absolute atomic E-state index is 2.31. The second kappa shape index (κ2) is 5.53. The summed E-state index contributed by atoms with van der Waals surface area (Å²) in [5, 5.41) is 0. The van der Waals surface area contributed by atoms with E-state index in [2.05, 4.69) is 73.5 Å². The van der Waals surface area contributed by atoms with Crippen LogP contribution in [0.3, 0.4) is 0 Å². The first-order valence-electron chi connectivity index (χ1n) is 6.07. The first kappa shape index (κ1) is 11.7. The Hall–Kier alpha value is -1.76. The number of benzene rings is 2. The molecule has 0 aliphatic carbocycles. The van der Waals surface area contributed by atoms with Gasteiger partial charge in [-0.1, -0.05) is 42.5 Å². The van der Waals surface area contributed by atoms with Gasteiger partial charge in [-0.15, -0.1) is 0 Å². The number of aryl methyl sites for hydroxylation is 1. The summed E-state index contributed by atoms with van der Waals surface area (Å²) < 4.78 is 0. The Balaban J connectivity index is 1.96. The van der Waals surface area contributed by atoms with Gasteiger partial charge in [0.05, 0.1) is 0 Å². The number of rotatable bonds is 4. The molecule has 2 aromatic rings. The van der Waals surface area contributed by atoms with Crippen LogP contribution in [0.5, 0.6) is 0 Å². The maximum Gasteiger partial charge on any atom is 0.0366 e. The van der Waals surface area contributed by atoms with Gasteiger partial charge in [0.1, 0.15) is 0 Å². The minimum Gasteiger partial charge on any atom is -0.374 e. The Labute approximate surface area is 104 Å². The lowest BCUT2D eigenvalue weighted by atomic mass is 10.1. The minimum absolute atomic E-state index is 1.05. The molecule has 0 radical (unpaired) electrons. The van der Waals surface area contributed by atoms with Crippen molar-refractivity contribution >= 4 is 5.69 Å². The lowest BCUT2D eigenvalue weighted by Crippen LogP contribution is -2.20. The highest BCUT2D eigenvalue weighted by atomic mass is 15.1. The standard InChI is InChI=1S/C16H19N/c1-14-7-6-10-16(13-14)17(2)12-11-15-8-4-3-5-9-15/h3-10,13H,11-12H2,1-2H3. The SMILES string of the molecule is Cc1cccc(N(C)CCc2ccccc2)c1. The molecule has 0 N–H and O–H groups in total. The summed E-state index contributed by atoms with van der Waals surface area (Å²) in [6.07, 6.45) is 1.09. The van der Waals surface area contributed by atoms with E-state index < -0.39 is 0 Å². The van der Waals surface area contributed by atoms with E-state index in [1.54, 1.807) is 0 Å². The van der Waals surface area contributed by atoms with E-state index in [4.69, 9.17) is 0 Å². The summed E-state index contributed by atoms with van der Waals surface area (Å²) in [5.41, 5.74) is 4.00. The van der Waals surface area contributed by atoms with Crippen molar-refractivity contribution in [2.24, 2.45) is 0 Å². The van der Waals surface area contributed by atoms with Crippen LogP contribution >= 0.6 is 0 Å². The van der Waals surface area contributed by atoms with Crippen LogP contribution in [0.4, 0.5) is 5.69 Å². The largest absolute Gasteiger partial charge is 0.374 e. The lowest BCUT2D eigenvalue weighted by molar-refractivity contribution is 0.876. The summed E-state index contributed by atoms with van der Waals surface area (Å²) >= 11 is 0. The van der Waals surface area contributed by atoms with Crippen LogP contribution < -0.4 is 4.90 Å². The van der Waals surface area contributed by atoms with Crippen LogP contribution in [0.2, 0.25) is 0 Å². The Morgan fingerprint density at radius 2 is 1.71 bits per heavy atom. The van der Waals surface area contributed by atoms with Crippen molar-refractivity contribution in [1.29, 1.82) is 0 Å². The molecule has 0 aliphatic rings. The number of hydrogen-bond donors (Lipinski definition) is 0. The average Bonchev–Trinajstić information content (AvgIpc) is 2.37. The van der Waals surface area contributed by atoms with E-state index in [0.717, 1.165) is 13.0 Å². The molecular formula is C16H19N. The molecule has 2 aromatic carbocycles. The molecular weight excluding hydrogens is 206 g/mol. The molecule has 0 aromatic heterocycles. The lowest BCUT2D eigenvalue weighted by Gasteiger charge is -2.19. The van der Waals surface area contributed by atoms with Crippen molar-refractivity contribution in [2.45, 2.75) is 13.3 Å². The zero-order chi connectivity index (χ0) is 12.1. The fraction of sp³-hybridized carbons (Fsp3) is 0.250. The highest BCUT2D eigenvalue weighted by Crippen LogP contribution is 2.14. The Morgan fingerprint density at radius 1 is 0.941 bits per heavy atom. The van der Waals surface area contributed by atoms with Gasteiger partial charge >= 0.3 is 0 Å². The third kappa shape index (κ3) is 3.35. The zero-order valence-electron chi connectivity index (χ0n) is 10.6. The Kier molecular flexibility index (Phi) is 3.81. The minimum atomic E-state index is 1.05. The van der Waals surface area contributed by atoms with Crippen molar-refractivity contribution in [2.75, 3.05) is 18.5 Å². The topological polar surface area (TPSA) is 3.24 Å². The molecule has 1 heteroatoms. The van der Waals surface area contributed by atoms with Gasteiger partial charge in [-0.2, -0.15) is 0 Å². The number of anilines is 1. The summed E-state index contributed by atoms with van der Waals surface area (Å²) in [4.78, 5) is 2.31. The van der Waals surface area contributed by atoms with Gasteiger partial charge in [0.25, 0.3) is 0 Å². The summed E-state index contributed by atoms with van der Waals surface area (Å²) in [6.45, 7) is 3.18. The molecule has 1 nitrogen and oxygen atoms in total. The molecule has 0 saturated carbocycles. The van der Waals surface area contributed by atoms with E-state index in [1.807, 2.05) is 0 Å². The average molecular weight is 225 g/mol. The molecule has 0 heterocycles. The quantitative estimate of drug-likeness (QED) is 0.767. The first-order chi connectivity index (χ1) is 8.25. The van der Waals surface area contributed by atoms with E-state index >= 15 is 0 Å². The van der Waals surface area contributed by atoms with Gasteiger partial charge in [-0.05, 0) is 36.6 Å². The molecule has 0 atom stereocenters. The number of likely N-dealkylation sites (N-methyl/N-ethyl adjacent to an activating group) is 1. The van der Waals surface area contributed by atoms with Crippen molar-refractivity contribution in [1.82, 2.24) is 0 Å². The first-order valence-corrected chi connectivity index (χ1v) is 6.07. The molecule has 0 aliphatic heterocycles. The summed E-state index contributed by atoms with van der Waals surface area (Å²) in [5.74, 6) is 0. The van der Waals surface area contributed by atoms with Gasteiger partial charge < -0.3 is 4.90 Å². The van der Waals surface area contributed by atoms with Crippen LogP contribution in [0, 0.1) is 6.92 Å². The fourth-order valence-electron chi connectivity index (χ4n) is 1.94. The van der Waals surface area contributed by atoms with E-state index in [-0.39, 0.29) is 0 Å². The third-order valence-corrected chi connectivity index (χ3v) is 3.02. The second-order valence-electron chi connectivity index (χ2n) is 4.50. The predicted molar refractivity (Wildman–Crippen MR) is 74.6 cm³/mol. The van der Waals surface area contributed by atoms with Crippen LogP contribution in [-0.2, 0) is 6.42 Å². The number of hydrogen-bond acceptors (Lipinski definition) is 1. The highest BCUT2D eigenvalue weighted by molar-refractivity contribution is 5.47. The normalized spacial score (nSPS) is 10.2. The Morgan fingerprint density at radius 3 is 2.41 bits per heavy atom. The Bertz CT molecular complexity index is 462. The van der Waals surface area contributed by atoms with Crippen LogP contribution in [-0.4, -0.2) is 13.6 Å². The zero-order valence-corrected chi connectivity index (χ0v) is 10.6. The second-order valence-corrected chi connectivity index (χ2v) is 4.50. The van der Waals surface area contributed by atoms with Crippen LogP contribution in [0.1, 0.15) is 11.1 Å². The maximum atomic E-state index is 2.31. The predicted octanol–water partition coefficient (Wildman–Crippen LogP) is 3.67. The molecule has 17 heavy (non-hydrogen) atoms. The van der Waals surface area contributed by atoms with E-state index in [0.29, 0.717) is 0 Å². The fourth-order valence-corrected chi connectivity index (χ4v) is 1.94. The number of nitrogens with zero attached hydrogens (tertiary/aromatic N) is 1. The summed E-state index contributed by atoms with van der Waals surface area (Å²) in [7, 11) is 2.15. The van der Waals surface area contributed by atoms with Crippen LogP contribution in [0.15, 0.2) is 54.6 Å². The molecule has 88 valence electrons. The molecule has 2 rings (SSSR count). The molecule has 0 bridgehead atoms. The van der Waals surface area contributed by atoms with Crippen molar-refractivity contribution in [3.05, 3.63) is 65.7 Å². The monoisotopic (exact) mass is 225 g/mol. The van der Waals surface area contributed by atoms with Gasteiger partial charge in [0, 0.05) is 19.3 Å². The molecule has 0 unspecified atom stereocenters. The van der Waals surface area contributed by atoms with Gasteiger partial charge in [0.15, 0.2) is 0 Å². The van der Waals surface area contributed by atoms with Crippen molar-refractivity contribution in [3.63, 3.8) is 0 Å². The van der Waals surface area contributed by atoms with E-state index in [1.165, 1.54) is 16.8 Å². The van der Waals surface area contributed by atoms with Gasteiger partial charge in [-0.25, -0.2) is 0 Å². The van der Waals surface area contributed by atoms with Crippen molar-refractivity contribution < 1.29 is 0 Å². The summed E-state index contributed by atoms with van der Waals surface area (Å²) in [6, 6.07) is 19.3. The van der Waals surface area contributed by atoms with Crippen LogP contribution in [0.25, 0.3) is 0 Å². The molecule has 0 spiro atoms. The smallest absolute Gasteiger partial charge is 0.0366 e. The van der Waals surface area contributed by atoms with Gasteiger partial charge in [0.2, 0.25) is 0 Å². The molecule has 0 saturated heterocycles. The molecule has 0 amide bonds.